The second-order valence-corrected chi connectivity index (χ2v) is 4.13. The normalized spacial score (nSPS) is 10.1. The lowest BCUT2D eigenvalue weighted by atomic mass is 10.4. The number of hydrogen-bond acceptors (Lipinski definition) is 5. The van der Waals surface area contributed by atoms with Gasteiger partial charge in [-0.15, -0.1) is 0 Å². The number of rotatable bonds is 5. The summed E-state index contributed by atoms with van der Waals surface area (Å²) in [6.45, 7) is 3.03. The molecule has 0 radical (unpaired) electrons. The first-order valence-electron chi connectivity index (χ1n) is 5.23. The molecule has 16 heavy (non-hydrogen) atoms. The molecule has 2 N–H and O–H groups in total. The van der Waals surface area contributed by atoms with Gasteiger partial charge in [0.1, 0.15) is 5.82 Å². The monoisotopic (exact) mass is 234 g/mol. The van der Waals surface area contributed by atoms with E-state index < -0.39 is 0 Å². The second-order valence-electron chi connectivity index (χ2n) is 3.35. The van der Waals surface area contributed by atoms with Crippen molar-refractivity contribution in [2.24, 2.45) is 0 Å². The predicted molar refractivity (Wildman–Crippen MR) is 68.4 cm³/mol. The maximum atomic E-state index is 4.41. The largest absolute Gasteiger partial charge is 0.369 e. The molecule has 0 aliphatic heterocycles. The number of nitrogens with one attached hydrogen (secondary N) is 2. The summed E-state index contributed by atoms with van der Waals surface area (Å²) < 4.78 is 0. The van der Waals surface area contributed by atoms with E-state index in [2.05, 4.69) is 27.5 Å². The van der Waals surface area contributed by atoms with Gasteiger partial charge in [0.25, 0.3) is 0 Å². The SMILES string of the molecule is CCCNc1cncc(Nc2ccsc2)n1. The highest BCUT2D eigenvalue weighted by molar-refractivity contribution is 7.08. The summed E-state index contributed by atoms with van der Waals surface area (Å²) in [4.78, 5) is 8.54. The van der Waals surface area contributed by atoms with Gasteiger partial charge in [0.05, 0.1) is 18.1 Å². The van der Waals surface area contributed by atoms with E-state index in [1.807, 2.05) is 16.8 Å². The molecule has 2 aromatic heterocycles. The van der Waals surface area contributed by atoms with Crippen LogP contribution in [0.25, 0.3) is 0 Å². The van der Waals surface area contributed by atoms with Crippen LogP contribution in [0.1, 0.15) is 13.3 Å². The second kappa shape index (κ2) is 5.46. The van der Waals surface area contributed by atoms with Crippen LogP contribution in [0.4, 0.5) is 17.3 Å². The number of anilines is 3. The van der Waals surface area contributed by atoms with E-state index in [0.29, 0.717) is 0 Å². The lowest BCUT2D eigenvalue weighted by molar-refractivity contribution is 0.965. The van der Waals surface area contributed by atoms with E-state index in [0.717, 1.165) is 30.3 Å². The van der Waals surface area contributed by atoms with Crippen LogP contribution in [0.5, 0.6) is 0 Å². The van der Waals surface area contributed by atoms with Gasteiger partial charge in [-0.3, -0.25) is 4.98 Å². The minimum Gasteiger partial charge on any atom is -0.369 e. The molecular weight excluding hydrogens is 220 g/mol. The lowest BCUT2D eigenvalue weighted by Crippen LogP contribution is -2.03. The molecule has 0 atom stereocenters. The van der Waals surface area contributed by atoms with Crippen molar-refractivity contribution in [1.82, 2.24) is 9.97 Å². The minimum absolute atomic E-state index is 0.763. The van der Waals surface area contributed by atoms with Gasteiger partial charge >= 0.3 is 0 Å². The lowest BCUT2D eigenvalue weighted by Gasteiger charge is -2.06. The number of nitrogens with zero attached hydrogens (tertiary/aromatic N) is 2. The fourth-order valence-corrected chi connectivity index (χ4v) is 1.84. The third kappa shape index (κ3) is 2.93. The maximum Gasteiger partial charge on any atom is 0.151 e. The molecular formula is C11H14N4S. The van der Waals surface area contributed by atoms with E-state index in [1.54, 1.807) is 23.7 Å². The average Bonchev–Trinajstić information content (AvgIpc) is 2.80. The fourth-order valence-electron chi connectivity index (χ4n) is 1.25. The Kier molecular flexibility index (Phi) is 3.71. The summed E-state index contributed by atoms with van der Waals surface area (Å²) in [5, 5.41) is 10.5. The summed E-state index contributed by atoms with van der Waals surface area (Å²) >= 11 is 1.65. The van der Waals surface area contributed by atoms with Gasteiger partial charge in [-0.25, -0.2) is 4.98 Å². The smallest absolute Gasteiger partial charge is 0.151 e. The van der Waals surface area contributed by atoms with Crippen molar-refractivity contribution < 1.29 is 0 Å². The van der Waals surface area contributed by atoms with Crippen molar-refractivity contribution in [2.75, 3.05) is 17.2 Å². The van der Waals surface area contributed by atoms with E-state index >= 15 is 0 Å². The van der Waals surface area contributed by atoms with E-state index in [1.165, 1.54) is 0 Å². The van der Waals surface area contributed by atoms with Crippen LogP contribution < -0.4 is 10.6 Å². The van der Waals surface area contributed by atoms with Crippen LogP contribution in [0, 0.1) is 0 Å². The van der Waals surface area contributed by atoms with Crippen LogP contribution in [0.2, 0.25) is 0 Å². The molecule has 0 aliphatic carbocycles. The summed E-state index contributed by atoms with van der Waals surface area (Å²) in [7, 11) is 0. The van der Waals surface area contributed by atoms with Crippen molar-refractivity contribution in [3.8, 4) is 0 Å². The summed E-state index contributed by atoms with van der Waals surface area (Å²) in [5.41, 5.74) is 1.05. The van der Waals surface area contributed by atoms with Gasteiger partial charge in [0, 0.05) is 11.9 Å². The summed E-state index contributed by atoms with van der Waals surface area (Å²) in [6.07, 6.45) is 4.52. The highest BCUT2D eigenvalue weighted by atomic mass is 32.1. The molecule has 0 aromatic carbocycles. The molecule has 2 rings (SSSR count). The molecule has 0 saturated heterocycles. The van der Waals surface area contributed by atoms with Crippen LogP contribution in [-0.4, -0.2) is 16.5 Å². The zero-order chi connectivity index (χ0) is 11.2. The molecule has 0 spiro atoms. The Balaban J connectivity index is 2.04. The van der Waals surface area contributed by atoms with Crippen molar-refractivity contribution in [3.05, 3.63) is 29.2 Å². The molecule has 2 heterocycles. The standard InChI is InChI=1S/C11H14N4S/c1-2-4-13-10-6-12-7-11(15-10)14-9-3-5-16-8-9/h3,5-8H,2,4H2,1H3,(H2,13,14,15). The molecule has 4 nitrogen and oxygen atoms in total. The summed E-state index contributed by atoms with van der Waals surface area (Å²) in [6, 6.07) is 2.01. The molecule has 0 unspecified atom stereocenters. The first kappa shape index (κ1) is 10.9. The molecule has 0 bridgehead atoms. The molecule has 84 valence electrons. The topological polar surface area (TPSA) is 49.8 Å². The Bertz CT molecular complexity index is 427. The number of hydrogen-bond donors (Lipinski definition) is 2. The van der Waals surface area contributed by atoms with E-state index in [-0.39, 0.29) is 0 Å². The molecule has 2 aromatic rings. The Hall–Kier alpha value is -1.62. The quantitative estimate of drug-likeness (QED) is 0.834. The predicted octanol–water partition coefficient (Wildman–Crippen LogP) is 3.10. The first-order chi connectivity index (χ1) is 7.88. The molecule has 0 fully saturated rings. The average molecular weight is 234 g/mol. The van der Waals surface area contributed by atoms with Crippen LogP contribution >= 0.6 is 11.3 Å². The Morgan fingerprint density at radius 3 is 2.94 bits per heavy atom. The Morgan fingerprint density at radius 1 is 1.31 bits per heavy atom. The van der Waals surface area contributed by atoms with Gasteiger partial charge in [-0.05, 0) is 17.9 Å². The maximum absolute atomic E-state index is 4.41. The van der Waals surface area contributed by atoms with Gasteiger partial charge in [0.2, 0.25) is 0 Å². The zero-order valence-corrected chi connectivity index (χ0v) is 9.92. The van der Waals surface area contributed by atoms with Crippen molar-refractivity contribution in [2.45, 2.75) is 13.3 Å². The van der Waals surface area contributed by atoms with Gasteiger partial charge < -0.3 is 10.6 Å². The first-order valence-corrected chi connectivity index (χ1v) is 6.18. The number of thiophene rings is 1. The Labute approximate surface area is 98.8 Å². The fraction of sp³-hybridized carbons (Fsp3) is 0.273. The van der Waals surface area contributed by atoms with Crippen LogP contribution in [0.15, 0.2) is 29.2 Å². The van der Waals surface area contributed by atoms with Gasteiger partial charge in [-0.1, -0.05) is 6.92 Å². The van der Waals surface area contributed by atoms with Crippen molar-refractivity contribution >= 4 is 28.7 Å². The minimum atomic E-state index is 0.763. The van der Waals surface area contributed by atoms with E-state index in [4.69, 9.17) is 0 Å². The molecule has 0 aliphatic rings. The molecule has 0 amide bonds. The van der Waals surface area contributed by atoms with Crippen LogP contribution in [-0.2, 0) is 0 Å². The highest BCUT2D eigenvalue weighted by Gasteiger charge is 1.98. The molecule has 5 heteroatoms. The van der Waals surface area contributed by atoms with Gasteiger partial charge in [0.15, 0.2) is 5.82 Å². The van der Waals surface area contributed by atoms with Crippen LogP contribution in [0.3, 0.4) is 0 Å². The third-order valence-electron chi connectivity index (χ3n) is 1.98. The van der Waals surface area contributed by atoms with Gasteiger partial charge in [-0.2, -0.15) is 11.3 Å². The zero-order valence-electron chi connectivity index (χ0n) is 9.10. The molecule has 0 saturated carbocycles. The Morgan fingerprint density at radius 2 is 2.19 bits per heavy atom. The van der Waals surface area contributed by atoms with Crippen molar-refractivity contribution in [1.29, 1.82) is 0 Å². The highest BCUT2D eigenvalue weighted by Crippen LogP contribution is 2.17. The van der Waals surface area contributed by atoms with Crippen molar-refractivity contribution in [3.63, 3.8) is 0 Å². The number of aromatic nitrogens is 2. The van der Waals surface area contributed by atoms with E-state index in [9.17, 15) is 0 Å². The summed E-state index contributed by atoms with van der Waals surface area (Å²) in [5.74, 6) is 1.57. The third-order valence-corrected chi connectivity index (χ3v) is 2.67.